The fourth-order valence-corrected chi connectivity index (χ4v) is 2.66. The van der Waals surface area contributed by atoms with Gasteiger partial charge < -0.3 is 29.7 Å². The van der Waals surface area contributed by atoms with Gasteiger partial charge in [0.1, 0.15) is 18.3 Å². The number of aromatic nitrogens is 4. The number of hydrogen-bond acceptors (Lipinski definition) is 8. The van der Waals surface area contributed by atoms with Crippen LogP contribution >= 0.6 is 7.82 Å². The van der Waals surface area contributed by atoms with Gasteiger partial charge in [0.15, 0.2) is 17.4 Å². The van der Waals surface area contributed by atoms with Crippen LogP contribution in [-0.2, 0) is 13.8 Å². The van der Waals surface area contributed by atoms with E-state index in [4.69, 9.17) is 14.5 Å². The van der Waals surface area contributed by atoms with Gasteiger partial charge in [-0.25, -0.2) is 14.5 Å². The third-order valence-corrected chi connectivity index (χ3v) is 3.87. The first kappa shape index (κ1) is 16.2. The molecule has 1 aliphatic heterocycles. The first-order valence-corrected chi connectivity index (χ1v) is 7.93. The highest BCUT2D eigenvalue weighted by atomic mass is 31.2. The molecule has 13 heteroatoms. The van der Waals surface area contributed by atoms with Crippen molar-refractivity contribution in [1.29, 1.82) is 0 Å². The molecule has 1 saturated heterocycles. The summed E-state index contributed by atoms with van der Waals surface area (Å²) in [6.07, 6.45) is -2.85. The normalized spacial score (nSPS) is 28.5. The van der Waals surface area contributed by atoms with Crippen molar-refractivity contribution >= 4 is 19.0 Å². The summed E-state index contributed by atoms with van der Waals surface area (Å²) in [5.41, 5.74) is -0.336. The van der Waals surface area contributed by atoms with Crippen LogP contribution in [0, 0.1) is 0 Å². The summed E-state index contributed by atoms with van der Waals surface area (Å²) >= 11 is 0. The van der Waals surface area contributed by atoms with Crippen LogP contribution < -0.4 is 5.56 Å². The summed E-state index contributed by atoms with van der Waals surface area (Å²) in [6.45, 7) is -0.625. The molecule has 2 aromatic heterocycles. The fourth-order valence-electron chi connectivity index (χ4n) is 2.32. The standard InChI is InChI=1S/C10H13N4O8P/c15-6-4(1-21-23(18,19)20)22-10(7(6)16)14-3-13-5-8(14)11-2-12-9(5)17/h2-4,6-7,10,15-16H,1H2,(H,11,12,17)(H2,18,19,20)/i3+2. The number of fused-ring (bicyclic) bond motifs is 1. The molecule has 0 aromatic carbocycles. The first-order chi connectivity index (χ1) is 10.8. The number of aliphatic hydroxyl groups is 2. The average molecular weight is 350 g/mol. The van der Waals surface area contributed by atoms with Gasteiger partial charge in [-0.2, -0.15) is 0 Å². The summed E-state index contributed by atoms with van der Waals surface area (Å²) < 4.78 is 21.6. The van der Waals surface area contributed by atoms with Crippen molar-refractivity contribution in [3.63, 3.8) is 0 Å². The van der Waals surface area contributed by atoms with Crippen LogP contribution in [0.15, 0.2) is 17.4 Å². The van der Waals surface area contributed by atoms with Gasteiger partial charge >= 0.3 is 7.82 Å². The zero-order valence-electron chi connectivity index (χ0n) is 11.4. The second-order valence-corrected chi connectivity index (χ2v) is 6.13. The number of aliphatic hydroxyl groups excluding tert-OH is 2. The molecule has 23 heavy (non-hydrogen) atoms. The number of H-pyrrole nitrogens is 1. The Bertz CT molecular complexity index is 815. The highest BCUT2D eigenvalue weighted by molar-refractivity contribution is 7.46. The molecule has 3 rings (SSSR count). The lowest BCUT2D eigenvalue weighted by Crippen LogP contribution is -2.33. The molecule has 0 radical (unpaired) electrons. The van der Waals surface area contributed by atoms with E-state index in [0.717, 1.165) is 6.33 Å². The minimum atomic E-state index is -4.74. The predicted molar refractivity (Wildman–Crippen MR) is 72.1 cm³/mol. The van der Waals surface area contributed by atoms with Crippen molar-refractivity contribution in [3.05, 3.63) is 23.0 Å². The molecule has 12 nitrogen and oxygen atoms in total. The van der Waals surface area contributed by atoms with Crippen LogP contribution in [0.2, 0.25) is 0 Å². The largest absolute Gasteiger partial charge is 0.469 e. The van der Waals surface area contributed by atoms with Crippen molar-refractivity contribution in [2.45, 2.75) is 24.5 Å². The van der Waals surface area contributed by atoms with E-state index in [0.29, 0.717) is 0 Å². The zero-order valence-corrected chi connectivity index (χ0v) is 12.3. The van der Waals surface area contributed by atoms with E-state index in [-0.39, 0.29) is 11.2 Å². The van der Waals surface area contributed by atoms with Gasteiger partial charge in [0.25, 0.3) is 5.56 Å². The highest BCUT2D eigenvalue weighted by Crippen LogP contribution is 2.38. The summed E-state index contributed by atoms with van der Waals surface area (Å²) in [5, 5.41) is 20.0. The van der Waals surface area contributed by atoms with Crippen LogP contribution in [0.4, 0.5) is 0 Å². The van der Waals surface area contributed by atoms with Crippen LogP contribution in [0.3, 0.4) is 0 Å². The van der Waals surface area contributed by atoms with E-state index in [1.165, 1.54) is 10.9 Å². The molecular weight excluding hydrogens is 337 g/mol. The highest BCUT2D eigenvalue weighted by Gasteiger charge is 2.45. The number of hydrogen-bond donors (Lipinski definition) is 5. The molecule has 4 unspecified atom stereocenters. The Morgan fingerprint density at radius 2 is 2.17 bits per heavy atom. The Hall–Kier alpha value is -1.66. The molecule has 0 bridgehead atoms. The topological polar surface area (TPSA) is 180 Å². The minimum Gasteiger partial charge on any atom is -0.387 e. The van der Waals surface area contributed by atoms with Crippen LogP contribution in [0.25, 0.3) is 11.2 Å². The molecule has 5 N–H and O–H groups in total. The summed E-state index contributed by atoms with van der Waals surface area (Å²) in [4.78, 5) is 39.1. The lowest BCUT2D eigenvalue weighted by Gasteiger charge is -2.16. The molecule has 0 amide bonds. The Morgan fingerprint density at radius 3 is 2.87 bits per heavy atom. The van der Waals surface area contributed by atoms with E-state index in [1.54, 1.807) is 0 Å². The Balaban J connectivity index is 1.87. The zero-order chi connectivity index (χ0) is 16.8. The molecule has 126 valence electrons. The quantitative estimate of drug-likeness (QED) is 0.381. The fraction of sp³-hybridized carbons (Fsp3) is 0.500. The van der Waals surface area contributed by atoms with Crippen LogP contribution in [-0.4, -0.2) is 64.4 Å². The number of aromatic amines is 1. The predicted octanol–water partition coefficient (Wildman–Crippen LogP) is -2.15. The van der Waals surface area contributed by atoms with Crippen LogP contribution in [0.1, 0.15) is 6.23 Å². The average Bonchev–Trinajstić information content (AvgIpc) is 3.01. The third-order valence-electron chi connectivity index (χ3n) is 3.38. The van der Waals surface area contributed by atoms with Crippen molar-refractivity contribution in [3.8, 4) is 0 Å². The van der Waals surface area contributed by atoms with E-state index in [9.17, 15) is 19.6 Å². The summed E-state index contributed by atoms with van der Waals surface area (Å²) in [6, 6.07) is 0. The number of ether oxygens (including phenoxy) is 1. The number of phosphoric acid groups is 1. The van der Waals surface area contributed by atoms with E-state index < -0.39 is 44.5 Å². The van der Waals surface area contributed by atoms with Gasteiger partial charge in [0.05, 0.1) is 19.3 Å². The Kier molecular flexibility index (Phi) is 4.06. The van der Waals surface area contributed by atoms with Crippen molar-refractivity contribution in [2.75, 3.05) is 6.61 Å². The monoisotopic (exact) mass is 350 g/mol. The lowest BCUT2D eigenvalue weighted by molar-refractivity contribution is -0.0504. The maximum absolute atomic E-state index is 11.6. The summed E-state index contributed by atoms with van der Waals surface area (Å²) in [5.74, 6) is 0. The SMILES string of the molecule is O=c1[nH]cnc2c1n[14cH]n2C1OC(COP(=O)(O)O)C(O)C1O. The van der Waals surface area contributed by atoms with Gasteiger partial charge in [0, 0.05) is 0 Å². The molecule has 4 atom stereocenters. The molecule has 0 aliphatic carbocycles. The first-order valence-electron chi connectivity index (χ1n) is 6.40. The molecule has 1 aliphatic rings. The van der Waals surface area contributed by atoms with Crippen molar-refractivity contribution in [2.24, 2.45) is 0 Å². The smallest absolute Gasteiger partial charge is 0.387 e. The number of rotatable bonds is 4. The molecular formula is C10H13N4O8P. The Labute approximate surface area is 127 Å². The van der Waals surface area contributed by atoms with Gasteiger partial charge in [-0.3, -0.25) is 13.9 Å². The number of nitrogens with one attached hydrogen (secondary N) is 1. The molecule has 3 heterocycles. The lowest BCUT2D eigenvalue weighted by atomic mass is 10.1. The van der Waals surface area contributed by atoms with Crippen LogP contribution in [0.5, 0.6) is 0 Å². The molecule has 0 saturated carbocycles. The second kappa shape index (κ2) is 5.76. The number of phosphoric ester groups is 1. The van der Waals surface area contributed by atoms with Crippen molar-refractivity contribution < 1.29 is 33.8 Å². The Morgan fingerprint density at radius 1 is 1.43 bits per heavy atom. The van der Waals surface area contributed by atoms with E-state index in [2.05, 4.69) is 19.5 Å². The summed E-state index contributed by atoms with van der Waals surface area (Å²) in [7, 11) is -4.74. The number of imidazole rings is 1. The molecule has 0 spiro atoms. The molecule has 2 aromatic rings. The van der Waals surface area contributed by atoms with E-state index >= 15 is 0 Å². The van der Waals surface area contributed by atoms with Crippen molar-refractivity contribution in [1.82, 2.24) is 19.5 Å². The molecule has 1 fully saturated rings. The van der Waals surface area contributed by atoms with E-state index in [1.807, 2.05) is 0 Å². The maximum Gasteiger partial charge on any atom is 0.469 e. The number of nitrogens with zero attached hydrogens (tertiary/aromatic N) is 3. The van der Waals surface area contributed by atoms with Gasteiger partial charge in [-0.1, -0.05) is 0 Å². The minimum absolute atomic E-state index is 0.0210. The van der Waals surface area contributed by atoms with Gasteiger partial charge in [-0.05, 0) is 0 Å². The third kappa shape index (κ3) is 3.05. The van der Waals surface area contributed by atoms with Gasteiger partial charge in [0.2, 0.25) is 0 Å². The maximum atomic E-state index is 11.6. The van der Waals surface area contributed by atoms with Gasteiger partial charge in [-0.15, -0.1) is 0 Å². The second-order valence-electron chi connectivity index (χ2n) is 4.89.